The van der Waals surface area contributed by atoms with Crippen molar-refractivity contribution in [1.29, 1.82) is 0 Å². The van der Waals surface area contributed by atoms with E-state index in [1.165, 1.54) is 32.6 Å². The smallest absolute Gasteiger partial charge is 0.280 e. The Hall–Kier alpha value is -3.56. The normalized spacial score (nSPS) is 11.8. The molecule has 0 radical (unpaired) electrons. The number of aromatic nitrogens is 2. The van der Waals surface area contributed by atoms with Crippen molar-refractivity contribution in [3.8, 4) is 22.8 Å². The van der Waals surface area contributed by atoms with Gasteiger partial charge < -0.3 is 20.9 Å². The van der Waals surface area contributed by atoms with Crippen molar-refractivity contribution in [3.63, 3.8) is 0 Å². The topological polar surface area (TPSA) is 126 Å². The summed E-state index contributed by atoms with van der Waals surface area (Å²) in [6.45, 7) is 0. The molecule has 10 heteroatoms. The summed E-state index contributed by atoms with van der Waals surface area (Å²) in [5, 5.41) is 0. The average Bonchev–Trinajstić information content (AvgIpc) is 2.66. The van der Waals surface area contributed by atoms with Crippen LogP contribution in [0.15, 0.2) is 41.5 Å². The van der Waals surface area contributed by atoms with Crippen molar-refractivity contribution < 1.29 is 23.0 Å². The number of aliphatic imine (C=N–C) groups is 1. The van der Waals surface area contributed by atoms with Crippen LogP contribution in [0.2, 0.25) is 0 Å². The third kappa shape index (κ3) is 4.54. The van der Waals surface area contributed by atoms with Gasteiger partial charge in [-0.1, -0.05) is 0 Å². The number of carbonyl (C=O) groups is 1. The zero-order chi connectivity index (χ0) is 20.0. The third-order valence-corrected chi connectivity index (χ3v) is 3.41. The van der Waals surface area contributed by atoms with Gasteiger partial charge in [-0.3, -0.25) is 14.8 Å². The van der Waals surface area contributed by atoms with Gasteiger partial charge in [0.05, 0.1) is 25.1 Å². The Bertz CT molecular complexity index is 900. The first-order chi connectivity index (χ1) is 12.9. The number of amides is 1. The number of pyridine rings is 2. The number of halogens is 2. The van der Waals surface area contributed by atoms with Gasteiger partial charge in [0.1, 0.15) is 11.4 Å². The molecule has 2 heterocycles. The lowest BCUT2D eigenvalue weighted by atomic mass is 10.0. The van der Waals surface area contributed by atoms with Crippen molar-refractivity contribution in [1.82, 2.24) is 9.97 Å². The third-order valence-electron chi connectivity index (χ3n) is 3.41. The molecule has 2 aromatic rings. The molecule has 0 aliphatic rings. The fraction of sp³-hybridized carbons (Fsp3) is 0.176. The zero-order valence-corrected chi connectivity index (χ0v) is 14.5. The second-order valence-electron chi connectivity index (χ2n) is 5.10. The van der Waals surface area contributed by atoms with E-state index in [1.54, 1.807) is 0 Å². The van der Waals surface area contributed by atoms with Gasteiger partial charge in [0.2, 0.25) is 5.88 Å². The summed E-state index contributed by atoms with van der Waals surface area (Å²) in [5.74, 6) is -0.392. The lowest BCUT2D eigenvalue weighted by Gasteiger charge is -2.14. The zero-order valence-electron chi connectivity index (χ0n) is 14.5. The summed E-state index contributed by atoms with van der Waals surface area (Å²) in [7, 11) is 2.87. The van der Waals surface area contributed by atoms with Crippen LogP contribution in [0.4, 0.5) is 8.78 Å². The fourth-order valence-corrected chi connectivity index (χ4v) is 2.21. The number of methoxy groups -OCH3 is 1. The lowest BCUT2D eigenvalue weighted by Crippen LogP contribution is -2.14. The van der Waals surface area contributed by atoms with Crippen molar-refractivity contribution in [2.75, 3.05) is 14.2 Å². The number of hydrogen-bond acceptors (Lipinski definition) is 7. The molecule has 0 spiro atoms. The molecule has 1 amide bonds. The van der Waals surface area contributed by atoms with Crippen LogP contribution in [0, 0.1) is 0 Å². The minimum atomic E-state index is -2.81. The first kappa shape index (κ1) is 19.8. The summed E-state index contributed by atoms with van der Waals surface area (Å²) in [6.07, 6.45) is 2.02. The monoisotopic (exact) mass is 377 g/mol. The maximum atomic E-state index is 13.1. The number of hydrogen-bond donors (Lipinski definition) is 2. The molecule has 0 saturated heterocycles. The van der Waals surface area contributed by atoms with Gasteiger partial charge in [0, 0.05) is 36.6 Å². The Labute approximate surface area is 153 Å². The van der Waals surface area contributed by atoms with E-state index >= 15 is 0 Å². The Morgan fingerprint density at radius 2 is 2.00 bits per heavy atom. The van der Waals surface area contributed by atoms with Crippen LogP contribution in [0.25, 0.3) is 11.1 Å². The van der Waals surface area contributed by atoms with Gasteiger partial charge >= 0.3 is 0 Å². The molecule has 0 aromatic carbocycles. The molecule has 0 saturated carbocycles. The summed E-state index contributed by atoms with van der Waals surface area (Å²) >= 11 is 0. The summed E-state index contributed by atoms with van der Waals surface area (Å²) < 4.78 is 36.8. The van der Waals surface area contributed by atoms with Gasteiger partial charge in [0.15, 0.2) is 5.76 Å². The molecule has 8 nitrogen and oxygen atoms in total. The highest BCUT2D eigenvalue weighted by atomic mass is 19.3. The largest absolute Gasteiger partial charge is 0.494 e. The molecular weight excluding hydrogens is 360 g/mol. The van der Waals surface area contributed by atoms with Crippen molar-refractivity contribution in [2.45, 2.75) is 6.43 Å². The Morgan fingerprint density at radius 3 is 2.56 bits per heavy atom. The van der Waals surface area contributed by atoms with Gasteiger partial charge in [0.25, 0.3) is 12.3 Å². The molecular formula is C17H17F2N5O3. The van der Waals surface area contributed by atoms with E-state index in [1.807, 2.05) is 0 Å². The molecule has 0 fully saturated rings. The first-order valence-corrected chi connectivity index (χ1v) is 7.55. The number of ether oxygens (including phenoxy) is 2. The van der Waals surface area contributed by atoms with Crippen LogP contribution in [0.5, 0.6) is 11.6 Å². The molecule has 4 N–H and O–H groups in total. The fourth-order valence-electron chi connectivity index (χ4n) is 2.21. The van der Waals surface area contributed by atoms with E-state index in [9.17, 15) is 13.6 Å². The van der Waals surface area contributed by atoms with E-state index in [4.69, 9.17) is 20.9 Å². The summed E-state index contributed by atoms with van der Waals surface area (Å²) in [4.78, 5) is 23.2. The highest BCUT2D eigenvalue weighted by Gasteiger charge is 2.20. The highest BCUT2D eigenvalue weighted by molar-refractivity contribution is 6.00. The standard InChI is InChI=1S/C17H17F2N5O3/c1-22-6-9(5-20)27-15-4-10(12(7-24-15)17(21)25)11-3-13(16(18)19)23-8-14(11)26-2/h3-8,16H,20H2,1-2H3,(H2,21,25)/b9-5+,22-6?. The van der Waals surface area contributed by atoms with Crippen molar-refractivity contribution in [2.24, 2.45) is 16.5 Å². The molecule has 142 valence electrons. The predicted octanol–water partition coefficient (Wildman–Crippen LogP) is 2.07. The average molecular weight is 377 g/mol. The molecule has 0 bridgehead atoms. The number of nitrogens with zero attached hydrogens (tertiary/aromatic N) is 3. The van der Waals surface area contributed by atoms with E-state index in [2.05, 4.69) is 15.0 Å². The highest BCUT2D eigenvalue weighted by Crippen LogP contribution is 2.35. The van der Waals surface area contributed by atoms with Crippen LogP contribution in [0.1, 0.15) is 22.5 Å². The molecule has 2 aromatic heterocycles. The van der Waals surface area contributed by atoms with Crippen LogP contribution in [0.3, 0.4) is 0 Å². The number of rotatable bonds is 7. The lowest BCUT2D eigenvalue weighted by molar-refractivity contribution is 0.100. The SMILES string of the molecule is CN=C/C(=C\N)Oc1cc(-c2cc(C(F)F)ncc2OC)c(C(N)=O)cn1. The molecule has 0 atom stereocenters. The second kappa shape index (κ2) is 8.70. The number of alkyl halides is 2. The minimum absolute atomic E-state index is 0.00509. The van der Waals surface area contributed by atoms with E-state index in [0.717, 1.165) is 18.5 Å². The number of primary amides is 1. The summed E-state index contributed by atoms with van der Waals surface area (Å²) in [6, 6.07) is 2.47. The van der Waals surface area contributed by atoms with E-state index in [0.29, 0.717) is 0 Å². The van der Waals surface area contributed by atoms with Crippen molar-refractivity contribution in [3.05, 3.63) is 47.7 Å². The number of allylic oxidation sites excluding steroid dienone is 1. The Kier molecular flexibility index (Phi) is 6.36. The van der Waals surface area contributed by atoms with Crippen LogP contribution >= 0.6 is 0 Å². The van der Waals surface area contributed by atoms with Crippen LogP contribution in [-0.2, 0) is 0 Å². The molecule has 0 aliphatic carbocycles. The predicted molar refractivity (Wildman–Crippen MR) is 94.8 cm³/mol. The second-order valence-corrected chi connectivity index (χ2v) is 5.10. The maximum Gasteiger partial charge on any atom is 0.280 e. The van der Waals surface area contributed by atoms with Crippen LogP contribution < -0.4 is 20.9 Å². The number of nitrogens with two attached hydrogens (primary N) is 2. The first-order valence-electron chi connectivity index (χ1n) is 7.55. The molecule has 0 aliphatic heterocycles. The Balaban J connectivity index is 2.65. The van der Waals surface area contributed by atoms with Gasteiger partial charge in [-0.05, 0) is 6.07 Å². The molecule has 0 unspecified atom stereocenters. The van der Waals surface area contributed by atoms with Crippen molar-refractivity contribution >= 4 is 12.1 Å². The van der Waals surface area contributed by atoms with E-state index in [-0.39, 0.29) is 34.1 Å². The molecule has 27 heavy (non-hydrogen) atoms. The van der Waals surface area contributed by atoms with E-state index < -0.39 is 18.0 Å². The van der Waals surface area contributed by atoms with Crippen LogP contribution in [-0.4, -0.2) is 36.2 Å². The summed E-state index contributed by atoms with van der Waals surface area (Å²) in [5.41, 5.74) is 10.7. The van der Waals surface area contributed by atoms with Gasteiger partial charge in [-0.25, -0.2) is 13.8 Å². The van der Waals surface area contributed by atoms with Gasteiger partial charge in [-0.15, -0.1) is 0 Å². The van der Waals surface area contributed by atoms with Gasteiger partial charge in [-0.2, -0.15) is 0 Å². The number of carbonyl (C=O) groups excluding carboxylic acids is 1. The maximum absolute atomic E-state index is 13.1. The molecule has 2 rings (SSSR count). The Morgan fingerprint density at radius 1 is 1.26 bits per heavy atom. The quantitative estimate of drug-likeness (QED) is 0.562. The minimum Gasteiger partial charge on any atom is -0.494 e.